The van der Waals surface area contributed by atoms with Crippen LogP contribution in [0.4, 0.5) is 0 Å². The second-order valence-corrected chi connectivity index (χ2v) is 5.80. The number of nitrogens with zero attached hydrogens (tertiary/aromatic N) is 1. The van der Waals surface area contributed by atoms with Crippen molar-refractivity contribution < 1.29 is 8.42 Å². The largest absolute Gasteiger partial charge is 0.328 e. The molecule has 0 radical (unpaired) electrons. The van der Waals surface area contributed by atoms with Crippen LogP contribution in [0, 0.1) is 0 Å². The summed E-state index contributed by atoms with van der Waals surface area (Å²) in [6.45, 7) is 0. The van der Waals surface area contributed by atoms with E-state index in [2.05, 4.69) is 4.98 Å². The van der Waals surface area contributed by atoms with Gasteiger partial charge in [0.2, 0.25) is 0 Å². The van der Waals surface area contributed by atoms with Crippen LogP contribution in [0.2, 0.25) is 0 Å². The zero-order valence-electron chi connectivity index (χ0n) is 7.84. The summed E-state index contributed by atoms with van der Waals surface area (Å²) >= 11 is 0. The Hall–Kier alpha value is -1.37. The van der Waals surface area contributed by atoms with E-state index in [1.165, 1.54) is 16.8 Å². The van der Waals surface area contributed by atoms with E-state index in [9.17, 15) is 18.0 Å². The van der Waals surface area contributed by atoms with Gasteiger partial charge in [0.25, 0.3) is 5.56 Å². The third-order valence-corrected chi connectivity index (χ3v) is 4.20. The Morgan fingerprint density at radius 1 is 1.40 bits per heavy atom. The molecule has 0 bridgehead atoms. The fraction of sp³-hybridized carbons (Fsp3) is 0.500. The van der Waals surface area contributed by atoms with Crippen molar-refractivity contribution in [1.82, 2.24) is 9.55 Å². The molecule has 2 heterocycles. The first kappa shape index (κ1) is 10.2. The first-order valence-corrected chi connectivity index (χ1v) is 6.32. The highest BCUT2D eigenvalue weighted by molar-refractivity contribution is 7.91. The zero-order valence-corrected chi connectivity index (χ0v) is 8.66. The molecule has 1 N–H and O–H groups in total. The molecule has 82 valence electrons. The maximum Gasteiger partial charge on any atom is 0.328 e. The summed E-state index contributed by atoms with van der Waals surface area (Å²) in [5, 5.41) is 0. The molecule has 0 saturated carbocycles. The van der Waals surface area contributed by atoms with Crippen LogP contribution in [0.15, 0.2) is 21.9 Å². The van der Waals surface area contributed by atoms with Gasteiger partial charge in [-0.05, 0) is 6.42 Å². The summed E-state index contributed by atoms with van der Waals surface area (Å²) in [6.07, 6.45) is 1.76. The van der Waals surface area contributed by atoms with E-state index in [0.717, 1.165) is 0 Å². The van der Waals surface area contributed by atoms with Gasteiger partial charge >= 0.3 is 5.69 Å². The van der Waals surface area contributed by atoms with Crippen LogP contribution in [0.5, 0.6) is 0 Å². The molecule has 1 aliphatic heterocycles. The fourth-order valence-corrected chi connectivity index (χ4v) is 3.42. The molecule has 0 spiro atoms. The topological polar surface area (TPSA) is 89.0 Å². The van der Waals surface area contributed by atoms with Crippen molar-refractivity contribution in [2.24, 2.45) is 0 Å². The van der Waals surface area contributed by atoms with Gasteiger partial charge < -0.3 is 0 Å². The van der Waals surface area contributed by atoms with Gasteiger partial charge in [-0.2, -0.15) is 0 Å². The summed E-state index contributed by atoms with van der Waals surface area (Å²) in [5.41, 5.74) is -1.03. The highest BCUT2D eigenvalue weighted by atomic mass is 32.2. The Labute approximate surface area is 85.5 Å². The zero-order chi connectivity index (χ0) is 11.1. The van der Waals surface area contributed by atoms with Gasteiger partial charge in [0, 0.05) is 12.3 Å². The van der Waals surface area contributed by atoms with Crippen LogP contribution in [-0.4, -0.2) is 29.5 Å². The predicted molar refractivity (Wildman–Crippen MR) is 53.6 cm³/mol. The molecule has 1 saturated heterocycles. The maximum absolute atomic E-state index is 11.4. The molecule has 15 heavy (non-hydrogen) atoms. The molecule has 1 aromatic rings. The van der Waals surface area contributed by atoms with Crippen molar-refractivity contribution in [3.63, 3.8) is 0 Å². The average molecular weight is 230 g/mol. The van der Waals surface area contributed by atoms with Crippen molar-refractivity contribution >= 4 is 9.84 Å². The lowest BCUT2D eigenvalue weighted by atomic mass is 10.2. The van der Waals surface area contributed by atoms with E-state index in [1.54, 1.807) is 0 Å². The van der Waals surface area contributed by atoms with E-state index >= 15 is 0 Å². The Morgan fingerprint density at radius 3 is 2.67 bits per heavy atom. The van der Waals surface area contributed by atoms with E-state index in [-0.39, 0.29) is 17.5 Å². The highest BCUT2D eigenvalue weighted by Gasteiger charge is 2.29. The predicted octanol–water partition coefficient (Wildman–Crippen LogP) is -1.10. The Morgan fingerprint density at radius 2 is 2.13 bits per heavy atom. The van der Waals surface area contributed by atoms with Crippen LogP contribution in [0.1, 0.15) is 12.5 Å². The smallest absolute Gasteiger partial charge is 0.296 e. The van der Waals surface area contributed by atoms with Crippen molar-refractivity contribution in [3.8, 4) is 0 Å². The number of nitrogens with one attached hydrogen (secondary N) is 1. The molecule has 0 aliphatic carbocycles. The lowest BCUT2D eigenvalue weighted by Crippen LogP contribution is -2.31. The van der Waals surface area contributed by atoms with Crippen LogP contribution < -0.4 is 11.2 Å². The third kappa shape index (κ3) is 2.01. The number of hydrogen-bond donors (Lipinski definition) is 1. The van der Waals surface area contributed by atoms with Crippen LogP contribution in [0.3, 0.4) is 0 Å². The second-order valence-electron chi connectivity index (χ2n) is 3.57. The van der Waals surface area contributed by atoms with Crippen LogP contribution >= 0.6 is 0 Å². The Kier molecular flexibility index (Phi) is 2.26. The highest BCUT2D eigenvalue weighted by Crippen LogP contribution is 2.21. The number of aromatic amines is 1. The quantitative estimate of drug-likeness (QED) is 0.663. The van der Waals surface area contributed by atoms with Gasteiger partial charge in [-0.25, -0.2) is 13.2 Å². The van der Waals surface area contributed by atoms with Gasteiger partial charge in [-0.1, -0.05) is 0 Å². The lowest BCUT2D eigenvalue weighted by Gasteiger charge is -2.09. The summed E-state index contributed by atoms with van der Waals surface area (Å²) in [7, 11) is -3.02. The summed E-state index contributed by atoms with van der Waals surface area (Å²) in [6, 6.07) is 0.867. The van der Waals surface area contributed by atoms with Gasteiger partial charge in [-0.15, -0.1) is 0 Å². The first-order valence-electron chi connectivity index (χ1n) is 4.50. The minimum Gasteiger partial charge on any atom is -0.296 e. The average Bonchev–Trinajstić information content (AvgIpc) is 2.46. The number of rotatable bonds is 1. The second kappa shape index (κ2) is 3.34. The number of aromatic nitrogens is 2. The number of hydrogen-bond acceptors (Lipinski definition) is 4. The molecule has 7 heteroatoms. The van der Waals surface area contributed by atoms with Crippen molar-refractivity contribution in [2.45, 2.75) is 12.5 Å². The Bertz CT molecular complexity index is 583. The van der Waals surface area contributed by atoms with E-state index in [0.29, 0.717) is 6.42 Å². The van der Waals surface area contributed by atoms with Gasteiger partial charge in [0.15, 0.2) is 9.84 Å². The van der Waals surface area contributed by atoms with E-state index < -0.39 is 21.1 Å². The van der Waals surface area contributed by atoms with Crippen molar-refractivity contribution in [1.29, 1.82) is 0 Å². The maximum atomic E-state index is 11.4. The summed E-state index contributed by atoms with van der Waals surface area (Å²) in [5.74, 6) is 0.0716. The molecular weight excluding hydrogens is 220 g/mol. The lowest BCUT2D eigenvalue weighted by molar-refractivity contribution is 0.525. The molecule has 0 amide bonds. The summed E-state index contributed by atoms with van der Waals surface area (Å²) in [4.78, 5) is 24.2. The molecule has 2 rings (SSSR count). The van der Waals surface area contributed by atoms with Crippen LogP contribution in [0.25, 0.3) is 0 Å². The SMILES string of the molecule is O=c1ccn(C2CCS(=O)(=O)C2)c(=O)[nH]1. The standard InChI is InChI=1S/C8H10N2O4S/c11-7-1-3-10(8(12)9-7)6-2-4-15(13,14)5-6/h1,3,6H,2,4-5H2,(H,9,11,12). The minimum atomic E-state index is -3.02. The monoisotopic (exact) mass is 230 g/mol. The summed E-state index contributed by atoms with van der Waals surface area (Å²) < 4.78 is 23.7. The molecule has 1 aliphatic rings. The molecule has 1 aromatic heterocycles. The Balaban J connectivity index is 2.40. The molecule has 1 unspecified atom stereocenters. The van der Waals surface area contributed by atoms with E-state index in [1.807, 2.05) is 0 Å². The van der Waals surface area contributed by atoms with Gasteiger partial charge in [0.1, 0.15) is 0 Å². The van der Waals surface area contributed by atoms with Crippen LogP contribution in [-0.2, 0) is 9.84 Å². The molecular formula is C8H10N2O4S. The number of sulfone groups is 1. The fourth-order valence-electron chi connectivity index (χ4n) is 1.71. The third-order valence-electron chi connectivity index (χ3n) is 2.45. The molecule has 6 nitrogen and oxygen atoms in total. The van der Waals surface area contributed by atoms with Gasteiger partial charge in [-0.3, -0.25) is 14.3 Å². The van der Waals surface area contributed by atoms with Gasteiger partial charge in [0.05, 0.1) is 17.5 Å². The normalized spacial score (nSPS) is 24.1. The van der Waals surface area contributed by atoms with E-state index in [4.69, 9.17) is 0 Å². The molecule has 1 fully saturated rings. The first-order chi connectivity index (χ1) is 6.98. The molecule has 1 atom stereocenters. The number of H-pyrrole nitrogens is 1. The minimum absolute atomic E-state index is 0.0288. The van der Waals surface area contributed by atoms with Crippen molar-refractivity contribution in [2.75, 3.05) is 11.5 Å². The van der Waals surface area contributed by atoms with Crippen molar-refractivity contribution in [3.05, 3.63) is 33.1 Å². The molecule has 0 aromatic carbocycles.